The summed E-state index contributed by atoms with van der Waals surface area (Å²) in [4.78, 5) is 16.0. The molecule has 0 N–H and O–H groups in total. The highest BCUT2D eigenvalue weighted by Crippen LogP contribution is 2.36. The number of benzene rings is 3. The second kappa shape index (κ2) is 8.93. The Morgan fingerprint density at radius 3 is 2.15 bits per heavy atom. The lowest BCUT2D eigenvalue weighted by Crippen LogP contribution is -2.30. The predicted octanol–water partition coefficient (Wildman–Crippen LogP) is 5.83. The largest absolute Gasteiger partial charge is 0.340 e. The van der Waals surface area contributed by atoms with E-state index in [2.05, 4.69) is 0 Å². The Morgan fingerprint density at radius 1 is 0.923 bits per heavy atom. The third kappa shape index (κ3) is 4.69. The molecule has 0 spiro atoms. The van der Waals surface area contributed by atoms with E-state index in [0.29, 0.717) is 11.6 Å². The number of likely N-dealkylation sites (N-methyl/N-ethyl adjacent to an activating group) is 1. The lowest BCUT2D eigenvalue weighted by molar-refractivity contribution is -0.129. The molecule has 0 unspecified atom stereocenters. The van der Waals surface area contributed by atoms with E-state index in [9.17, 15) is 4.79 Å². The van der Waals surface area contributed by atoms with Crippen LogP contribution in [0.2, 0.25) is 5.02 Å². The van der Waals surface area contributed by atoms with Gasteiger partial charge in [0.2, 0.25) is 5.91 Å². The SMILES string of the molecule is CN(Cc1ccccc1Cl)C(=O)[C@@H](Sc1ccccc1)c1ccccc1. The van der Waals surface area contributed by atoms with Crippen molar-refractivity contribution in [2.75, 3.05) is 7.05 Å². The highest BCUT2D eigenvalue weighted by atomic mass is 35.5. The highest BCUT2D eigenvalue weighted by Gasteiger charge is 2.25. The first kappa shape index (κ1) is 18.6. The van der Waals surface area contributed by atoms with Crippen molar-refractivity contribution in [1.29, 1.82) is 0 Å². The summed E-state index contributed by atoms with van der Waals surface area (Å²) in [7, 11) is 1.83. The standard InChI is InChI=1S/C22H20ClNOS/c1-24(16-18-12-8-9-15-20(18)23)22(25)21(17-10-4-2-5-11-17)26-19-13-6-3-7-14-19/h2-15,21H,16H2,1H3/t21-/m0/s1. The van der Waals surface area contributed by atoms with E-state index >= 15 is 0 Å². The van der Waals surface area contributed by atoms with Crippen LogP contribution in [0.1, 0.15) is 16.4 Å². The van der Waals surface area contributed by atoms with E-state index in [-0.39, 0.29) is 11.2 Å². The molecule has 0 aliphatic rings. The van der Waals surface area contributed by atoms with Gasteiger partial charge in [0, 0.05) is 23.5 Å². The van der Waals surface area contributed by atoms with Gasteiger partial charge in [0.1, 0.15) is 5.25 Å². The Balaban J connectivity index is 1.83. The number of carbonyl (C=O) groups is 1. The van der Waals surface area contributed by atoms with Gasteiger partial charge in [-0.15, -0.1) is 11.8 Å². The van der Waals surface area contributed by atoms with Gasteiger partial charge in [0.25, 0.3) is 0 Å². The minimum Gasteiger partial charge on any atom is -0.340 e. The Kier molecular flexibility index (Phi) is 6.37. The number of nitrogens with zero attached hydrogens (tertiary/aromatic N) is 1. The zero-order valence-electron chi connectivity index (χ0n) is 14.5. The molecule has 0 fully saturated rings. The third-order valence-corrected chi connectivity index (χ3v) is 5.69. The molecule has 3 aromatic carbocycles. The molecule has 132 valence electrons. The van der Waals surface area contributed by atoms with Crippen LogP contribution in [0.5, 0.6) is 0 Å². The van der Waals surface area contributed by atoms with Crippen LogP contribution < -0.4 is 0 Å². The fourth-order valence-electron chi connectivity index (χ4n) is 2.68. The molecule has 0 saturated heterocycles. The first-order valence-corrected chi connectivity index (χ1v) is 9.66. The van der Waals surface area contributed by atoms with Gasteiger partial charge >= 0.3 is 0 Å². The number of amides is 1. The van der Waals surface area contributed by atoms with Crippen molar-refractivity contribution < 1.29 is 4.79 Å². The van der Waals surface area contributed by atoms with Crippen LogP contribution in [-0.2, 0) is 11.3 Å². The fourth-order valence-corrected chi connectivity index (χ4v) is 4.04. The fraction of sp³-hybridized carbons (Fsp3) is 0.136. The van der Waals surface area contributed by atoms with Crippen LogP contribution in [0.25, 0.3) is 0 Å². The number of thioether (sulfide) groups is 1. The Labute approximate surface area is 163 Å². The second-order valence-corrected chi connectivity index (χ2v) is 7.59. The van der Waals surface area contributed by atoms with Crippen LogP contribution >= 0.6 is 23.4 Å². The molecule has 0 radical (unpaired) electrons. The maximum absolute atomic E-state index is 13.2. The highest BCUT2D eigenvalue weighted by molar-refractivity contribution is 8.00. The average molecular weight is 382 g/mol. The average Bonchev–Trinajstić information content (AvgIpc) is 2.69. The number of hydrogen-bond acceptors (Lipinski definition) is 2. The van der Waals surface area contributed by atoms with Crippen molar-refractivity contribution in [2.45, 2.75) is 16.7 Å². The van der Waals surface area contributed by atoms with Gasteiger partial charge in [-0.3, -0.25) is 4.79 Å². The molecule has 0 heterocycles. The van der Waals surface area contributed by atoms with Gasteiger partial charge in [0.15, 0.2) is 0 Å². The topological polar surface area (TPSA) is 20.3 Å². The summed E-state index contributed by atoms with van der Waals surface area (Å²) in [6.07, 6.45) is 0. The van der Waals surface area contributed by atoms with E-state index in [1.54, 1.807) is 16.7 Å². The molecule has 2 nitrogen and oxygen atoms in total. The van der Waals surface area contributed by atoms with Gasteiger partial charge in [-0.25, -0.2) is 0 Å². The molecule has 3 aromatic rings. The van der Waals surface area contributed by atoms with Crippen molar-refractivity contribution in [3.8, 4) is 0 Å². The van der Waals surface area contributed by atoms with E-state index in [4.69, 9.17) is 11.6 Å². The van der Waals surface area contributed by atoms with E-state index in [1.807, 2.05) is 92.0 Å². The molecular weight excluding hydrogens is 362 g/mol. The minimum absolute atomic E-state index is 0.0602. The molecular formula is C22H20ClNOS. The minimum atomic E-state index is -0.300. The summed E-state index contributed by atoms with van der Waals surface area (Å²) in [6.45, 7) is 0.483. The van der Waals surface area contributed by atoms with Crippen molar-refractivity contribution in [3.63, 3.8) is 0 Å². The number of hydrogen-bond donors (Lipinski definition) is 0. The van der Waals surface area contributed by atoms with Crippen LogP contribution in [0.3, 0.4) is 0 Å². The normalized spacial score (nSPS) is 11.8. The van der Waals surface area contributed by atoms with Crippen molar-refractivity contribution in [1.82, 2.24) is 4.90 Å². The Bertz CT molecular complexity index is 854. The van der Waals surface area contributed by atoms with Crippen molar-refractivity contribution in [3.05, 3.63) is 101 Å². The summed E-state index contributed by atoms with van der Waals surface area (Å²) in [5, 5.41) is 0.380. The summed E-state index contributed by atoms with van der Waals surface area (Å²) >= 11 is 7.82. The maximum Gasteiger partial charge on any atom is 0.240 e. The van der Waals surface area contributed by atoms with Gasteiger partial charge in [-0.05, 0) is 29.3 Å². The monoisotopic (exact) mass is 381 g/mol. The molecule has 0 bridgehead atoms. The maximum atomic E-state index is 13.2. The first-order valence-electron chi connectivity index (χ1n) is 8.40. The summed E-state index contributed by atoms with van der Waals surface area (Å²) in [5.41, 5.74) is 1.94. The molecule has 0 aromatic heterocycles. The summed E-state index contributed by atoms with van der Waals surface area (Å²) in [6, 6.07) is 27.6. The quantitative estimate of drug-likeness (QED) is 0.500. The van der Waals surface area contributed by atoms with E-state index in [1.165, 1.54) is 0 Å². The molecule has 3 rings (SSSR count). The van der Waals surface area contributed by atoms with Crippen LogP contribution in [0.4, 0.5) is 0 Å². The van der Waals surface area contributed by atoms with Crippen molar-refractivity contribution in [2.24, 2.45) is 0 Å². The molecule has 0 aliphatic heterocycles. The van der Waals surface area contributed by atoms with Crippen LogP contribution in [0.15, 0.2) is 89.8 Å². The first-order chi connectivity index (χ1) is 12.6. The lowest BCUT2D eigenvalue weighted by atomic mass is 10.1. The van der Waals surface area contributed by atoms with E-state index < -0.39 is 0 Å². The number of halogens is 1. The smallest absolute Gasteiger partial charge is 0.240 e. The Morgan fingerprint density at radius 2 is 1.50 bits per heavy atom. The number of rotatable bonds is 6. The second-order valence-electron chi connectivity index (χ2n) is 6.01. The lowest BCUT2D eigenvalue weighted by Gasteiger charge is -2.24. The predicted molar refractivity (Wildman–Crippen MR) is 109 cm³/mol. The molecule has 0 aliphatic carbocycles. The molecule has 1 atom stereocenters. The zero-order chi connectivity index (χ0) is 18.4. The van der Waals surface area contributed by atoms with Crippen LogP contribution in [0, 0.1) is 0 Å². The third-order valence-electron chi connectivity index (χ3n) is 4.07. The summed E-state index contributed by atoms with van der Waals surface area (Å²) in [5.74, 6) is 0.0602. The van der Waals surface area contributed by atoms with Gasteiger partial charge in [-0.1, -0.05) is 78.3 Å². The van der Waals surface area contributed by atoms with Crippen molar-refractivity contribution >= 4 is 29.3 Å². The van der Waals surface area contributed by atoms with Crippen LogP contribution in [-0.4, -0.2) is 17.9 Å². The number of carbonyl (C=O) groups excluding carboxylic acids is 1. The zero-order valence-corrected chi connectivity index (χ0v) is 16.1. The molecule has 1 amide bonds. The summed E-state index contributed by atoms with van der Waals surface area (Å²) < 4.78 is 0. The molecule has 4 heteroatoms. The Hall–Kier alpha value is -2.23. The van der Waals surface area contributed by atoms with Gasteiger partial charge in [-0.2, -0.15) is 0 Å². The molecule has 26 heavy (non-hydrogen) atoms. The molecule has 0 saturated carbocycles. The van der Waals surface area contributed by atoms with E-state index in [0.717, 1.165) is 16.0 Å². The van der Waals surface area contributed by atoms with Gasteiger partial charge in [0.05, 0.1) is 0 Å². The van der Waals surface area contributed by atoms with Gasteiger partial charge < -0.3 is 4.90 Å².